The standard InChI is InChI=1S/C30H32N8O2/c1-18(2)28-27-23(8-5-9-24(27)38(36-28)17-22-7-4-6-19(3)33-22)35-30(40)25-16-32-26-14-20(11-13-37(25)26)29(39)34-21-10-12-31-15-21/h4-9,11,13-14,16,18,21,31H,10,12,15,17H2,1-3H3,(H,34,39)(H,35,40). The Morgan fingerprint density at radius 1 is 1.12 bits per heavy atom. The second-order valence-electron chi connectivity index (χ2n) is 10.6. The summed E-state index contributed by atoms with van der Waals surface area (Å²) in [6, 6.07) is 15.3. The molecule has 40 heavy (non-hydrogen) atoms. The lowest BCUT2D eigenvalue weighted by molar-refractivity contribution is 0.0939. The number of rotatable bonds is 7. The highest BCUT2D eigenvalue weighted by Crippen LogP contribution is 2.32. The van der Waals surface area contributed by atoms with Gasteiger partial charge >= 0.3 is 0 Å². The van der Waals surface area contributed by atoms with E-state index in [2.05, 4.69) is 39.8 Å². The summed E-state index contributed by atoms with van der Waals surface area (Å²) in [5, 5.41) is 15.2. The van der Waals surface area contributed by atoms with Gasteiger partial charge in [0.25, 0.3) is 11.8 Å². The Kier molecular flexibility index (Phi) is 6.77. The van der Waals surface area contributed by atoms with Gasteiger partial charge < -0.3 is 16.0 Å². The summed E-state index contributed by atoms with van der Waals surface area (Å²) in [4.78, 5) is 35.3. The molecule has 0 saturated carbocycles. The van der Waals surface area contributed by atoms with Crippen molar-refractivity contribution < 1.29 is 9.59 Å². The van der Waals surface area contributed by atoms with Gasteiger partial charge in [0, 0.05) is 35.4 Å². The number of aromatic nitrogens is 5. The minimum atomic E-state index is -0.294. The molecule has 0 bridgehead atoms. The molecule has 4 aromatic heterocycles. The first-order valence-electron chi connectivity index (χ1n) is 13.6. The zero-order valence-corrected chi connectivity index (χ0v) is 22.8. The quantitative estimate of drug-likeness (QED) is 0.290. The van der Waals surface area contributed by atoms with Gasteiger partial charge in [-0.25, -0.2) is 4.98 Å². The number of benzene rings is 1. The number of hydrogen-bond acceptors (Lipinski definition) is 6. The zero-order chi connectivity index (χ0) is 27.8. The van der Waals surface area contributed by atoms with Crippen LogP contribution in [0.5, 0.6) is 0 Å². The summed E-state index contributed by atoms with van der Waals surface area (Å²) in [5.74, 6) is -0.291. The molecule has 0 spiro atoms. The zero-order valence-electron chi connectivity index (χ0n) is 22.8. The van der Waals surface area contributed by atoms with Crippen LogP contribution in [-0.2, 0) is 6.54 Å². The van der Waals surface area contributed by atoms with Crippen molar-refractivity contribution in [3.8, 4) is 0 Å². The number of pyridine rings is 2. The fourth-order valence-corrected chi connectivity index (χ4v) is 5.25. The van der Waals surface area contributed by atoms with Gasteiger partial charge in [0.2, 0.25) is 0 Å². The fourth-order valence-electron chi connectivity index (χ4n) is 5.25. The number of nitrogens with one attached hydrogen (secondary N) is 3. The van der Waals surface area contributed by atoms with Gasteiger partial charge in [0.15, 0.2) is 0 Å². The molecule has 6 rings (SSSR count). The number of anilines is 1. The lowest BCUT2D eigenvalue weighted by Crippen LogP contribution is -2.36. The summed E-state index contributed by atoms with van der Waals surface area (Å²) in [6.45, 7) is 8.37. The van der Waals surface area contributed by atoms with Gasteiger partial charge in [-0.3, -0.25) is 23.7 Å². The van der Waals surface area contributed by atoms with E-state index in [0.717, 1.165) is 47.5 Å². The molecule has 0 aliphatic carbocycles. The lowest BCUT2D eigenvalue weighted by Gasteiger charge is -2.12. The van der Waals surface area contributed by atoms with Crippen molar-refractivity contribution in [1.82, 2.24) is 34.8 Å². The number of imidazole rings is 1. The van der Waals surface area contributed by atoms with Crippen LogP contribution in [0.3, 0.4) is 0 Å². The molecule has 5 heterocycles. The SMILES string of the molecule is Cc1cccc(Cn2nc(C(C)C)c3c(NC(=O)c4cnc5cc(C(=O)NC6CCNC6)ccn45)cccc32)n1. The summed E-state index contributed by atoms with van der Waals surface area (Å²) in [5.41, 5.74) is 5.82. The van der Waals surface area contributed by atoms with E-state index in [1.165, 1.54) is 6.20 Å². The van der Waals surface area contributed by atoms with E-state index in [0.29, 0.717) is 29.1 Å². The van der Waals surface area contributed by atoms with Gasteiger partial charge in [-0.1, -0.05) is 26.0 Å². The Balaban J connectivity index is 1.28. The summed E-state index contributed by atoms with van der Waals surface area (Å²) in [6.07, 6.45) is 4.16. The van der Waals surface area contributed by atoms with E-state index in [9.17, 15) is 9.59 Å². The second-order valence-corrected chi connectivity index (χ2v) is 10.6. The highest BCUT2D eigenvalue weighted by atomic mass is 16.2. The molecule has 3 N–H and O–H groups in total. The van der Waals surface area contributed by atoms with Crippen molar-refractivity contribution in [3.05, 3.63) is 89.3 Å². The summed E-state index contributed by atoms with van der Waals surface area (Å²) < 4.78 is 3.64. The van der Waals surface area contributed by atoms with Gasteiger partial charge in [-0.2, -0.15) is 5.10 Å². The molecule has 10 heteroatoms. The number of hydrogen-bond donors (Lipinski definition) is 3. The molecule has 1 saturated heterocycles. The van der Waals surface area contributed by atoms with E-state index >= 15 is 0 Å². The predicted molar refractivity (Wildman–Crippen MR) is 154 cm³/mol. The van der Waals surface area contributed by atoms with Crippen LogP contribution in [0.15, 0.2) is 60.9 Å². The second kappa shape index (κ2) is 10.5. The van der Waals surface area contributed by atoms with E-state index < -0.39 is 0 Å². The topological polar surface area (TPSA) is 118 Å². The van der Waals surface area contributed by atoms with Crippen molar-refractivity contribution in [3.63, 3.8) is 0 Å². The summed E-state index contributed by atoms with van der Waals surface area (Å²) >= 11 is 0. The van der Waals surface area contributed by atoms with Gasteiger partial charge in [-0.05, 0) is 62.2 Å². The van der Waals surface area contributed by atoms with Crippen LogP contribution < -0.4 is 16.0 Å². The van der Waals surface area contributed by atoms with E-state index in [1.54, 1.807) is 22.7 Å². The maximum atomic E-state index is 13.5. The Hall–Kier alpha value is -4.57. The molecule has 10 nitrogen and oxygen atoms in total. The Bertz CT molecular complexity index is 1730. The number of nitrogens with zero attached hydrogens (tertiary/aromatic N) is 5. The van der Waals surface area contributed by atoms with Gasteiger partial charge in [0.05, 0.1) is 35.3 Å². The minimum absolute atomic E-state index is 0.126. The van der Waals surface area contributed by atoms with Crippen molar-refractivity contribution in [1.29, 1.82) is 0 Å². The first-order chi connectivity index (χ1) is 19.4. The molecular formula is C30H32N8O2. The van der Waals surface area contributed by atoms with E-state index in [1.807, 2.05) is 48.0 Å². The molecule has 2 amide bonds. The van der Waals surface area contributed by atoms with Crippen molar-refractivity contribution in [2.75, 3.05) is 18.4 Å². The Labute approximate surface area is 231 Å². The van der Waals surface area contributed by atoms with Crippen LogP contribution in [0.4, 0.5) is 5.69 Å². The molecule has 1 fully saturated rings. The molecule has 1 aromatic carbocycles. The number of carbonyl (C=O) groups is 2. The number of carbonyl (C=O) groups excluding carboxylic acids is 2. The molecule has 0 radical (unpaired) electrons. The third-order valence-electron chi connectivity index (χ3n) is 7.26. The third-order valence-corrected chi connectivity index (χ3v) is 7.26. The fraction of sp³-hybridized carbons (Fsp3) is 0.300. The lowest BCUT2D eigenvalue weighted by atomic mass is 10.0. The molecule has 1 atom stereocenters. The molecule has 1 aliphatic heterocycles. The van der Waals surface area contributed by atoms with Crippen molar-refractivity contribution >= 4 is 34.1 Å². The van der Waals surface area contributed by atoms with Crippen LogP contribution in [-0.4, -0.2) is 55.1 Å². The number of aryl methyl sites for hydroxylation is 1. The highest BCUT2D eigenvalue weighted by Gasteiger charge is 2.21. The highest BCUT2D eigenvalue weighted by molar-refractivity contribution is 6.09. The first-order valence-corrected chi connectivity index (χ1v) is 13.6. The van der Waals surface area contributed by atoms with Crippen LogP contribution in [0.1, 0.15) is 64.1 Å². The van der Waals surface area contributed by atoms with E-state index in [-0.39, 0.29) is 23.8 Å². The molecule has 1 aliphatic rings. The number of amides is 2. The Morgan fingerprint density at radius 3 is 2.75 bits per heavy atom. The maximum absolute atomic E-state index is 13.5. The van der Waals surface area contributed by atoms with Gasteiger partial charge in [0.1, 0.15) is 11.3 Å². The van der Waals surface area contributed by atoms with Crippen LogP contribution in [0.25, 0.3) is 16.6 Å². The third kappa shape index (κ3) is 4.93. The normalized spacial score (nSPS) is 15.2. The number of fused-ring (bicyclic) bond motifs is 2. The van der Waals surface area contributed by atoms with Crippen molar-refractivity contribution in [2.45, 2.75) is 45.7 Å². The summed E-state index contributed by atoms with van der Waals surface area (Å²) in [7, 11) is 0. The molecule has 1 unspecified atom stereocenters. The monoisotopic (exact) mass is 536 g/mol. The van der Waals surface area contributed by atoms with Crippen LogP contribution >= 0.6 is 0 Å². The van der Waals surface area contributed by atoms with Crippen molar-refractivity contribution in [2.24, 2.45) is 0 Å². The minimum Gasteiger partial charge on any atom is -0.348 e. The average molecular weight is 537 g/mol. The average Bonchev–Trinajstić information content (AvgIpc) is 3.68. The van der Waals surface area contributed by atoms with Crippen LogP contribution in [0.2, 0.25) is 0 Å². The van der Waals surface area contributed by atoms with E-state index in [4.69, 9.17) is 5.10 Å². The first kappa shape index (κ1) is 25.7. The molecule has 5 aromatic rings. The molecular weight excluding hydrogens is 504 g/mol. The van der Waals surface area contributed by atoms with Crippen LogP contribution in [0, 0.1) is 6.92 Å². The smallest absolute Gasteiger partial charge is 0.274 e. The molecule has 204 valence electrons. The predicted octanol–water partition coefficient (Wildman–Crippen LogP) is 3.90. The Morgan fingerprint density at radius 2 is 1.98 bits per heavy atom. The van der Waals surface area contributed by atoms with Gasteiger partial charge in [-0.15, -0.1) is 0 Å². The maximum Gasteiger partial charge on any atom is 0.274 e. The largest absolute Gasteiger partial charge is 0.348 e.